The molecule has 1 unspecified atom stereocenters. The molecule has 1 aliphatic rings. The molecule has 0 heterocycles. The van der Waals surface area contributed by atoms with E-state index >= 15 is 0 Å². The van der Waals surface area contributed by atoms with Crippen molar-refractivity contribution in [3.8, 4) is 0 Å². The number of aliphatic hydroxyl groups is 1. The maximum atomic E-state index is 9.73. The highest BCUT2D eigenvalue weighted by molar-refractivity contribution is 4.72. The Morgan fingerprint density at radius 3 is 2.67 bits per heavy atom. The molecule has 1 N–H and O–H groups in total. The number of aliphatic hydroxyl groups excluding tert-OH is 1. The monoisotopic (exact) mass is 261 g/mol. The third-order valence-corrected chi connectivity index (χ3v) is 2.93. The van der Waals surface area contributed by atoms with Gasteiger partial charge in [0.1, 0.15) is 0 Å². The van der Waals surface area contributed by atoms with E-state index in [0.29, 0.717) is 26.4 Å². The Labute approximate surface area is 110 Å². The summed E-state index contributed by atoms with van der Waals surface area (Å²) in [5, 5.41) is 9.73. The molecule has 0 saturated heterocycles. The van der Waals surface area contributed by atoms with Crippen molar-refractivity contribution in [1.82, 2.24) is 4.90 Å². The van der Waals surface area contributed by atoms with Gasteiger partial charge in [-0.2, -0.15) is 0 Å². The molecule has 0 aromatic carbocycles. The lowest BCUT2D eigenvalue weighted by Crippen LogP contribution is -2.34. The van der Waals surface area contributed by atoms with Gasteiger partial charge in [0.15, 0.2) is 0 Å². The molecule has 1 aliphatic carbocycles. The molecular formula is C13H27NO4. The first-order chi connectivity index (χ1) is 8.72. The Hall–Kier alpha value is -0.200. The maximum absolute atomic E-state index is 9.73. The van der Waals surface area contributed by atoms with Crippen LogP contribution in [0.5, 0.6) is 0 Å². The zero-order chi connectivity index (χ0) is 13.2. The van der Waals surface area contributed by atoms with Gasteiger partial charge in [0.25, 0.3) is 0 Å². The average molecular weight is 261 g/mol. The molecule has 0 spiro atoms. The Morgan fingerprint density at radius 1 is 1.22 bits per heavy atom. The van der Waals surface area contributed by atoms with Gasteiger partial charge in [0.05, 0.1) is 32.5 Å². The smallest absolute Gasteiger partial charge is 0.0900 e. The third kappa shape index (κ3) is 8.83. The van der Waals surface area contributed by atoms with Crippen LogP contribution >= 0.6 is 0 Å². The van der Waals surface area contributed by atoms with Crippen LogP contribution in [-0.2, 0) is 14.2 Å². The average Bonchev–Trinajstić information content (AvgIpc) is 3.14. The van der Waals surface area contributed by atoms with E-state index in [-0.39, 0.29) is 0 Å². The molecule has 5 heteroatoms. The zero-order valence-electron chi connectivity index (χ0n) is 11.6. The summed E-state index contributed by atoms with van der Waals surface area (Å²) in [7, 11) is 3.62. The summed E-state index contributed by atoms with van der Waals surface area (Å²) in [5.41, 5.74) is 0. The molecule has 0 aromatic heterocycles. The van der Waals surface area contributed by atoms with Crippen molar-refractivity contribution in [2.45, 2.75) is 18.9 Å². The van der Waals surface area contributed by atoms with Gasteiger partial charge in [0.2, 0.25) is 0 Å². The normalized spacial score (nSPS) is 17.3. The first-order valence-corrected chi connectivity index (χ1v) is 6.73. The number of nitrogens with zero attached hydrogens (tertiary/aromatic N) is 1. The fourth-order valence-corrected chi connectivity index (χ4v) is 1.62. The summed E-state index contributed by atoms with van der Waals surface area (Å²) in [4.78, 5) is 2.07. The Kier molecular flexibility index (Phi) is 8.54. The minimum absolute atomic E-state index is 0.358. The van der Waals surface area contributed by atoms with Crippen LogP contribution in [0.25, 0.3) is 0 Å². The van der Waals surface area contributed by atoms with Gasteiger partial charge in [-0.05, 0) is 25.8 Å². The van der Waals surface area contributed by atoms with Crippen molar-refractivity contribution in [1.29, 1.82) is 0 Å². The van der Waals surface area contributed by atoms with E-state index < -0.39 is 6.10 Å². The highest BCUT2D eigenvalue weighted by atomic mass is 16.5. The number of methoxy groups -OCH3 is 1. The number of likely N-dealkylation sites (N-methyl/N-ethyl adjacent to an activating group) is 1. The van der Waals surface area contributed by atoms with Gasteiger partial charge in [-0.15, -0.1) is 0 Å². The summed E-state index contributed by atoms with van der Waals surface area (Å²) in [6, 6.07) is 0. The Morgan fingerprint density at radius 2 is 2.00 bits per heavy atom. The van der Waals surface area contributed by atoms with Crippen LogP contribution < -0.4 is 0 Å². The van der Waals surface area contributed by atoms with E-state index in [2.05, 4.69) is 4.90 Å². The highest BCUT2D eigenvalue weighted by Gasteiger charge is 2.21. The second kappa shape index (κ2) is 9.69. The van der Waals surface area contributed by atoms with Gasteiger partial charge in [-0.3, -0.25) is 0 Å². The summed E-state index contributed by atoms with van der Waals surface area (Å²) in [6.45, 7) is 4.55. The predicted molar refractivity (Wildman–Crippen MR) is 69.7 cm³/mol. The van der Waals surface area contributed by atoms with Gasteiger partial charge >= 0.3 is 0 Å². The Balaban J connectivity index is 1.87. The lowest BCUT2D eigenvalue weighted by molar-refractivity contribution is -0.000913. The molecule has 1 fully saturated rings. The molecule has 0 amide bonds. The van der Waals surface area contributed by atoms with Crippen molar-refractivity contribution in [2.75, 3.05) is 60.3 Å². The van der Waals surface area contributed by atoms with Crippen molar-refractivity contribution >= 4 is 0 Å². The summed E-state index contributed by atoms with van der Waals surface area (Å²) >= 11 is 0. The fraction of sp³-hybridized carbons (Fsp3) is 1.00. The fourth-order valence-electron chi connectivity index (χ4n) is 1.62. The van der Waals surface area contributed by atoms with E-state index in [0.717, 1.165) is 25.7 Å². The molecule has 108 valence electrons. The maximum Gasteiger partial charge on any atom is 0.0900 e. The van der Waals surface area contributed by atoms with Crippen LogP contribution in [0.15, 0.2) is 0 Å². The van der Waals surface area contributed by atoms with Crippen molar-refractivity contribution < 1.29 is 19.3 Å². The molecule has 1 rings (SSSR count). The molecule has 0 bridgehead atoms. The lowest BCUT2D eigenvalue weighted by Gasteiger charge is -2.20. The van der Waals surface area contributed by atoms with E-state index in [1.54, 1.807) is 7.11 Å². The summed E-state index contributed by atoms with van der Waals surface area (Å²) in [5.74, 6) is 0.815. The first-order valence-electron chi connectivity index (χ1n) is 6.73. The summed E-state index contributed by atoms with van der Waals surface area (Å²) < 4.78 is 15.7. The molecule has 0 aliphatic heterocycles. The number of hydrogen-bond donors (Lipinski definition) is 1. The topological polar surface area (TPSA) is 51.2 Å². The largest absolute Gasteiger partial charge is 0.389 e. The molecule has 1 saturated carbocycles. The molecule has 5 nitrogen and oxygen atoms in total. The minimum Gasteiger partial charge on any atom is -0.389 e. The van der Waals surface area contributed by atoms with Crippen LogP contribution in [0.3, 0.4) is 0 Å². The van der Waals surface area contributed by atoms with Crippen LogP contribution in [0, 0.1) is 5.92 Å². The molecule has 18 heavy (non-hydrogen) atoms. The number of rotatable bonds is 12. The first kappa shape index (κ1) is 15.9. The molecule has 0 radical (unpaired) electrons. The van der Waals surface area contributed by atoms with Gasteiger partial charge in [0, 0.05) is 26.8 Å². The highest BCUT2D eigenvalue weighted by Crippen LogP contribution is 2.28. The summed E-state index contributed by atoms with van der Waals surface area (Å²) in [6.07, 6.45) is 2.20. The lowest BCUT2D eigenvalue weighted by atomic mass is 10.3. The van der Waals surface area contributed by atoms with E-state index in [4.69, 9.17) is 14.2 Å². The van der Waals surface area contributed by atoms with Gasteiger partial charge in [-0.1, -0.05) is 0 Å². The van der Waals surface area contributed by atoms with E-state index in [1.807, 2.05) is 7.05 Å². The standard InChI is InChI=1S/C13H27NO4/c1-14(5-6-17-10-12-3-4-12)9-13(15)11-18-8-7-16-2/h12-13,15H,3-11H2,1-2H3. The molecule has 0 aromatic rings. The Bertz CT molecular complexity index is 199. The van der Waals surface area contributed by atoms with Gasteiger partial charge in [-0.25, -0.2) is 0 Å². The van der Waals surface area contributed by atoms with Crippen molar-refractivity contribution in [3.05, 3.63) is 0 Å². The predicted octanol–water partition coefficient (Wildman–Crippen LogP) is 0.369. The zero-order valence-corrected chi connectivity index (χ0v) is 11.6. The van der Waals surface area contributed by atoms with E-state index in [1.165, 1.54) is 12.8 Å². The SMILES string of the molecule is COCCOCC(O)CN(C)CCOCC1CC1. The number of hydrogen-bond acceptors (Lipinski definition) is 5. The molecule has 1 atom stereocenters. The minimum atomic E-state index is -0.449. The third-order valence-electron chi connectivity index (χ3n) is 2.93. The van der Waals surface area contributed by atoms with Crippen LogP contribution in [-0.4, -0.2) is 76.4 Å². The second-order valence-corrected chi connectivity index (χ2v) is 5.00. The van der Waals surface area contributed by atoms with Crippen molar-refractivity contribution in [3.63, 3.8) is 0 Å². The number of ether oxygens (including phenoxy) is 3. The van der Waals surface area contributed by atoms with Crippen LogP contribution in [0.1, 0.15) is 12.8 Å². The van der Waals surface area contributed by atoms with Crippen LogP contribution in [0.4, 0.5) is 0 Å². The van der Waals surface area contributed by atoms with Crippen LogP contribution in [0.2, 0.25) is 0 Å². The van der Waals surface area contributed by atoms with E-state index in [9.17, 15) is 5.11 Å². The quantitative estimate of drug-likeness (QED) is 0.514. The second-order valence-electron chi connectivity index (χ2n) is 5.00. The molecular weight excluding hydrogens is 234 g/mol. The van der Waals surface area contributed by atoms with Crippen molar-refractivity contribution in [2.24, 2.45) is 5.92 Å². The van der Waals surface area contributed by atoms with Gasteiger partial charge < -0.3 is 24.2 Å².